The second-order valence-corrected chi connectivity index (χ2v) is 4.69. The zero-order valence-corrected chi connectivity index (χ0v) is 11.8. The average molecular weight is 288 g/mol. The molecule has 0 aliphatic carbocycles. The highest BCUT2D eigenvalue weighted by atomic mass is 35.5. The van der Waals surface area contributed by atoms with Crippen LogP contribution < -0.4 is 0 Å². The third-order valence-corrected chi connectivity index (χ3v) is 2.94. The van der Waals surface area contributed by atoms with Gasteiger partial charge in [0.25, 0.3) is 5.91 Å². The fraction of sp³-hybridized carbons (Fsp3) is 0.200. The number of hydrogen-bond acceptors (Lipinski definition) is 2. The van der Waals surface area contributed by atoms with Gasteiger partial charge in [-0.3, -0.25) is 9.48 Å². The number of likely N-dealkylation sites (N-methyl/N-ethyl adjacent to an activating group) is 1. The third kappa shape index (κ3) is 4.15. The molecule has 1 amide bonds. The van der Waals surface area contributed by atoms with Crippen molar-refractivity contribution < 1.29 is 4.79 Å². The predicted molar refractivity (Wildman–Crippen MR) is 78.2 cm³/mol. The summed E-state index contributed by atoms with van der Waals surface area (Å²) < 4.78 is 1.77. The van der Waals surface area contributed by atoms with Crippen molar-refractivity contribution in [2.45, 2.75) is 6.54 Å². The number of hydrogen-bond donors (Lipinski definition) is 0. The maximum absolute atomic E-state index is 11.9. The van der Waals surface area contributed by atoms with Gasteiger partial charge in [0.05, 0.1) is 6.54 Å². The van der Waals surface area contributed by atoms with Gasteiger partial charge in [0.15, 0.2) is 0 Å². The van der Waals surface area contributed by atoms with E-state index in [1.165, 1.54) is 0 Å². The van der Waals surface area contributed by atoms with Gasteiger partial charge in [0.1, 0.15) is 0 Å². The van der Waals surface area contributed by atoms with Gasteiger partial charge in [-0.05, 0) is 24.3 Å². The highest BCUT2D eigenvalue weighted by molar-refractivity contribution is 6.30. The second-order valence-electron chi connectivity index (χ2n) is 4.26. The maximum atomic E-state index is 11.9. The van der Waals surface area contributed by atoms with Crippen molar-refractivity contribution in [3.05, 3.63) is 53.3 Å². The lowest BCUT2D eigenvalue weighted by Gasteiger charge is -2.13. The van der Waals surface area contributed by atoms with E-state index >= 15 is 0 Å². The van der Waals surface area contributed by atoms with Crippen molar-refractivity contribution in [1.82, 2.24) is 14.7 Å². The predicted octanol–water partition coefficient (Wildman–Crippen LogP) is 2.05. The van der Waals surface area contributed by atoms with E-state index in [4.69, 9.17) is 11.6 Å². The van der Waals surface area contributed by atoms with Crippen LogP contribution in [0.2, 0.25) is 5.02 Å². The molecule has 102 valence electrons. The Balaban J connectivity index is 1.91. The van der Waals surface area contributed by atoms with E-state index in [0.29, 0.717) is 18.1 Å². The molecule has 1 aromatic carbocycles. The van der Waals surface area contributed by atoms with Crippen LogP contribution in [-0.4, -0.2) is 34.2 Å². The normalized spacial score (nSPS) is 9.70. The molecule has 1 aromatic heterocycles. The first kappa shape index (κ1) is 14.2. The summed E-state index contributed by atoms with van der Waals surface area (Å²) >= 11 is 5.86. The van der Waals surface area contributed by atoms with Gasteiger partial charge in [-0.25, -0.2) is 0 Å². The Morgan fingerprint density at radius 3 is 3.00 bits per heavy atom. The molecule has 0 atom stereocenters. The van der Waals surface area contributed by atoms with E-state index in [0.717, 1.165) is 5.56 Å². The minimum absolute atomic E-state index is 0.225. The van der Waals surface area contributed by atoms with Crippen molar-refractivity contribution in [2.24, 2.45) is 0 Å². The molecular weight excluding hydrogens is 274 g/mol. The number of rotatable bonds is 3. The molecule has 0 saturated heterocycles. The van der Waals surface area contributed by atoms with Crippen LogP contribution in [0, 0.1) is 11.8 Å². The zero-order chi connectivity index (χ0) is 14.4. The summed E-state index contributed by atoms with van der Waals surface area (Å²) in [6.07, 6.45) is 3.57. The van der Waals surface area contributed by atoms with Crippen LogP contribution >= 0.6 is 11.6 Å². The third-order valence-electron chi connectivity index (χ3n) is 2.71. The molecule has 2 aromatic rings. The smallest absolute Gasteiger partial charge is 0.298 e. The van der Waals surface area contributed by atoms with Crippen molar-refractivity contribution in [2.75, 3.05) is 13.6 Å². The van der Waals surface area contributed by atoms with Crippen molar-refractivity contribution in [3.8, 4) is 11.8 Å². The van der Waals surface area contributed by atoms with Gasteiger partial charge in [-0.1, -0.05) is 23.6 Å². The molecule has 0 unspecified atom stereocenters. The molecule has 4 nitrogen and oxygen atoms in total. The summed E-state index contributed by atoms with van der Waals surface area (Å²) in [7, 11) is 1.72. The Hall–Kier alpha value is -2.25. The first-order valence-electron chi connectivity index (χ1n) is 6.15. The standard InChI is InChI=1S/C15H14ClN3O/c1-18(10-11-19-9-3-8-17-19)15(20)7-6-13-4-2-5-14(16)12-13/h2-5,8-9,12H,10-11H2,1H3. The highest BCUT2D eigenvalue weighted by Gasteiger charge is 2.04. The van der Waals surface area contributed by atoms with Crippen molar-refractivity contribution in [3.63, 3.8) is 0 Å². The Morgan fingerprint density at radius 2 is 2.30 bits per heavy atom. The van der Waals surface area contributed by atoms with Crippen molar-refractivity contribution >= 4 is 17.5 Å². The summed E-state index contributed by atoms with van der Waals surface area (Å²) in [4.78, 5) is 13.4. The van der Waals surface area contributed by atoms with Crippen LogP contribution in [0.5, 0.6) is 0 Å². The lowest BCUT2D eigenvalue weighted by atomic mass is 10.2. The summed E-state index contributed by atoms with van der Waals surface area (Å²) in [5.74, 6) is 5.19. The Kier molecular flexibility index (Phi) is 4.80. The summed E-state index contributed by atoms with van der Waals surface area (Å²) in [6.45, 7) is 1.21. The molecule has 20 heavy (non-hydrogen) atoms. The highest BCUT2D eigenvalue weighted by Crippen LogP contribution is 2.09. The molecule has 0 spiro atoms. The number of halogens is 1. The molecule has 0 aliphatic rings. The number of amides is 1. The lowest BCUT2D eigenvalue weighted by molar-refractivity contribution is -0.124. The lowest BCUT2D eigenvalue weighted by Crippen LogP contribution is -2.29. The van der Waals surface area contributed by atoms with Gasteiger partial charge in [0.2, 0.25) is 0 Å². The molecule has 0 fully saturated rings. The first-order valence-corrected chi connectivity index (χ1v) is 6.53. The zero-order valence-electron chi connectivity index (χ0n) is 11.1. The number of aromatic nitrogens is 2. The largest absolute Gasteiger partial charge is 0.333 e. The van der Waals surface area contributed by atoms with Crippen LogP contribution in [0.4, 0.5) is 0 Å². The number of nitrogens with zero attached hydrogens (tertiary/aromatic N) is 3. The summed E-state index contributed by atoms with van der Waals surface area (Å²) in [5.41, 5.74) is 0.728. The van der Waals surface area contributed by atoms with Gasteiger partial charge in [-0.15, -0.1) is 0 Å². The molecule has 0 bridgehead atoms. The minimum atomic E-state index is -0.225. The molecular formula is C15H14ClN3O. The second kappa shape index (κ2) is 6.78. The van der Waals surface area contributed by atoms with Gasteiger partial charge >= 0.3 is 0 Å². The van der Waals surface area contributed by atoms with E-state index in [9.17, 15) is 4.79 Å². The average Bonchev–Trinajstić information content (AvgIpc) is 2.95. The van der Waals surface area contributed by atoms with Crippen molar-refractivity contribution in [1.29, 1.82) is 0 Å². The van der Waals surface area contributed by atoms with E-state index < -0.39 is 0 Å². The van der Waals surface area contributed by atoms with E-state index in [2.05, 4.69) is 16.9 Å². The van der Waals surface area contributed by atoms with Gasteiger partial charge < -0.3 is 4.90 Å². The summed E-state index contributed by atoms with van der Waals surface area (Å²) in [6, 6.07) is 8.96. The number of carbonyl (C=O) groups excluding carboxylic acids is 1. The van der Waals surface area contributed by atoms with Crippen LogP contribution in [0.25, 0.3) is 0 Å². The SMILES string of the molecule is CN(CCn1cccn1)C(=O)C#Cc1cccc(Cl)c1. The van der Waals surface area contributed by atoms with Gasteiger partial charge in [-0.2, -0.15) is 5.10 Å². The van der Waals surface area contributed by atoms with E-state index in [-0.39, 0.29) is 5.91 Å². The molecule has 0 saturated carbocycles. The molecule has 5 heteroatoms. The fourth-order valence-electron chi connectivity index (χ4n) is 1.57. The summed E-state index contributed by atoms with van der Waals surface area (Å²) in [5, 5.41) is 4.69. The monoisotopic (exact) mass is 287 g/mol. The Bertz CT molecular complexity index is 641. The van der Waals surface area contributed by atoms with Crippen LogP contribution in [0.1, 0.15) is 5.56 Å². The van der Waals surface area contributed by atoms with E-state index in [1.807, 2.05) is 18.3 Å². The molecule has 1 heterocycles. The minimum Gasteiger partial charge on any atom is -0.333 e. The van der Waals surface area contributed by atoms with E-state index in [1.54, 1.807) is 41.0 Å². The fourth-order valence-corrected chi connectivity index (χ4v) is 1.76. The Labute approximate surface area is 123 Å². The Morgan fingerprint density at radius 1 is 1.45 bits per heavy atom. The molecule has 0 aliphatic heterocycles. The van der Waals surface area contributed by atoms with Crippen LogP contribution in [0.15, 0.2) is 42.7 Å². The number of carbonyl (C=O) groups is 1. The quantitative estimate of drug-likeness (QED) is 0.811. The first-order chi connectivity index (χ1) is 9.65. The molecule has 0 radical (unpaired) electrons. The maximum Gasteiger partial charge on any atom is 0.298 e. The van der Waals surface area contributed by atoms with Crippen LogP contribution in [0.3, 0.4) is 0 Å². The van der Waals surface area contributed by atoms with Gasteiger partial charge in [0, 0.05) is 42.5 Å². The molecule has 2 rings (SSSR count). The molecule has 0 N–H and O–H groups in total. The topological polar surface area (TPSA) is 38.1 Å². The van der Waals surface area contributed by atoms with Crippen LogP contribution in [-0.2, 0) is 11.3 Å². The number of benzene rings is 1.